The van der Waals surface area contributed by atoms with Gasteiger partial charge in [0.25, 0.3) is 0 Å². The molecule has 0 fully saturated rings. The first-order chi connectivity index (χ1) is 11.5. The van der Waals surface area contributed by atoms with Crippen LogP contribution in [0.3, 0.4) is 0 Å². The number of hydrogen-bond donors (Lipinski definition) is 3. The van der Waals surface area contributed by atoms with Crippen molar-refractivity contribution in [3.05, 3.63) is 66.0 Å². The average molecular weight is 330 g/mol. The van der Waals surface area contributed by atoms with E-state index in [1.165, 1.54) is 12.1 Å². The number of halogens is 1. The zero-order valence-electron chi connectivity index (χ0n) is 13.9. The summed E-state index contributed by atoms with van der Waals surface area (Å²) in [5, 5.41) is 16.3. The van der Waals surface area contributed by atoms with E-state index in [1.54, 1.807) is 12.1 Å². The molecule has 0 aliphatic rings. The van der Waals surface area contributed by atoms with Gasteiger partial charge in [-0.15, -0.1) is 0 Å². The number of carbonyl (C=O) groups excluding carboxylic acids is 1. The summed E-state index contributed by atoms with van der Waals surface area (Å²) >= 11 is 0. The van der Waals surface area contributed by atoms with Gasteiger partial charge in [0.05, 0.1) is 6.10 Å². The van der Waals surface area contributed by atoms with E-state index in [0.29, 0.717) is 5.56 Å². The number of rotatable bonds is 7. The Bertz CT molecular complexity index is 646. The largest absolute Gasteiger partial charge is 0.387 e. The third-order valence-electron chi connectivity index (χ3n) is 3.78. The molecule has 128 valence electrons. The van der Waals surface area contributed by atoms with E-state index in [0.717, 1.165) is 5.69 Å². The second-order valence-electron chi connectivity index (χ2n) is 5.97. The topological polar surface area (TPSA) is 61.4 Å². The van der Waals surface area contributed by atoms with Crippen LogP contribution in [0.5, 0.6) is 0 Å². The first-order valence-electron chi connectivity index (χ1n) is 8.00. The molecule has 2 aromatic rings. The number of hydrogen-bond acceptors (Lipinski definition) is 3. The summed E-state index contributed by atoms with van der Waals surface area (Å²) in [6, 6.07) is 14.6. The number of anilines is 1. The van der Waals surface area contributed by atoms with Crippen molar-refractivity contribution in [3.8, 4) is 0 Å². The molecule has 3 atom stereocenters. The SMILES string of the molecule is CC(CC(=O)Nc1ccccc1)NC(C)C(O)c1ccc(F)cc1. The van der Waals surface area contributed by atoms with Crippen LogP contribution in [-0.4, -0.2) is 23.1 Å². The van der Waals surface area contributed by atoms with Crippen LogP contribution in [0.4, 0.5) is 10.1 Å². The minimum absolute atomic E-state index is 0.0929. The molecule has 3 N–H and O–H groups in total. The molecule has 1 amide bonds. The lowest BCUT2D eigenvalue weighted by molar-refractivity contribution is -0.116. The summed E-state index contributed by atoms with van der Waals surface area (Å²) in [5.74, 6) is -0.429. The highest BCUT2D eigenvalue weighted by molar-refractivity contribution is 5.90. The van der Waals surface area contributed by atoms with E-state index >= 15 is 0 Å². The zero-order chi connectivity index (χ0) is 17.5. The van der Waals surface area contributed by atoms with E-state index in [9.17, 15) is 14.3 Å². The van der Waals surface area contributed by atoms with E-state index in [1.807, 2.05) is 44.2 Å². The van der Waals surface area contributed by atoms with E-state index in [-0.39, 0.29) is 30.2 Å². The van der Waals surface area contributed by atoms with Gasteiger partial charge in [0, 0.05) is 24.2 Å². The number of benzene rings is 2. The minimum atomic E-state index is -0.773. The Balaban J connectivity index is 1.83. The van der Waals surface area contributed by atoms with Gasteiger partial charge >= 0.3 is 0 Å². The predicted octanol–water partition coefficient (Wildman–Crippen LogP) is 3.25. The van der Waals surface area contributed by atoms with E-state index in [2.05, 4.69) is 10.6 Å². The number of nitrogens with one attached hydrogen (secondary N) is 2. The summed E-state index contributed by atoms with van der Waals surface area (Å²) < 4.78 is 12.9. The molecule has 0 saturated carbocycles. The molecular formula is C19H23FN2O2. The molecular weight excluding hydrogens is 307 g/mol. The summed E-state index contributed by atoms with van der Waals surface area (Å²) in [7, 11) is 0. The van der Waals surface area contributed by atoms with Crippen molar-refractivity contribution >= 4 is 11.6 Å². The van der Waals surface area contributed by atoms with Gasteiger partial charge in [-0.05, 0) is 43.7 Å². The van der Waals surface area contributed by atoms with Crippen LogP contribution in [0.25, 0.3) is 0 Å². The highest BCUT2D eigenvalue weighted by atomic mass is 19.1. The van der Waals surface area contributed by atoms with Crippen molar-refractivity contribution in [1.29, 1.82) is 0 Å². The molecule has 5 heteroatoms. The van der Waals surface area contributed by atoms with Crippen molar-refractivity contribution in [2.24, 2.45) is 0 Å². The highest BCUT2D eigenvalue weighted by Crippen LogP contribution is 2.18. The monoisotopic (exact) mass is 330 g/mol. The van der Waals surface area contributed by atoms with Crippen LogP contribution in [0.2, 0.25) is 0 Å². The maximum Gasteiger partial charge on any atom is 0.225 e. The van der Waals surface area contributed by atoms with Gasteiger partial charge < -0.3 is 15.7 Å². The van der Waals surface area contributed by atoms with Crippen LogP contribution >= 0.6 is 0 Å². The quantitative estimate of drug-likeness (QED) is 0.730. The molecule has 0 aromatic heterocycles. The fourth-order valence-corrected chi connectivity index (χ4v) is 2.56. The number of aliphatic hydroxyl groups is 1. The first-order valence-corrected chi connectivity index (χ1v) is 8.00. The summed E-state index contributed by atoms with van der Waals surface area (Å²) in [6.45, 7) is 3.72. The van der Waals surface area contributed by atoms with E-state index in [4.69, 9.17) is 0 Å². The molecule has 2 rings (SSSR count). The Morgan fingerprint density at radius 3 is 2.33 bits per heavy atom. The molecule has 0 heterocycles. The van der Waals surface area contributed by atoms with E-state index < -0.39 is 6.10 Å². The van der Waals surface area contributed by atoms with Crippen LogP contribution in [-0.2, 0) is 4.79 Å². The molecule has 0 saturated heterocycles. The Labute approximate surface area is 141 Å². The van der Waals surface area contributed by atoms with Crippen LogP contribution in [0.15, 0.2) is 54.6 Å². The lowest BCUT2D eigenvalue weighted by Gasteiger charge is -2.24. The van der Waals surface area contributed by atoms with Crippen LogP contribution < -0.4 is 10.6 Å². The fourth-order valence-electron chi connectivity index (χ4n) is 2.56. The van der Waals surface area contributed by atoms with Crippen molar-refractivity contribution in [2.75, 3.05) is 5.32 Å². The Kier molecular flexibility index (Phi) is 6.46. The smallest absolute Gasteiger partial charge is 0.225 e. The lowest BCUT2D eigenvalue weighted by atomic mass is 10.0. The molecule has 0 aliphatic heterocycles. The Morgan fingerprint density at radius 1 is 1.08 bits per heavy atom. The highest BCUT2D eigenvalue weighted by Gasteiger charge is 2.19. The van der Waals surface area contributed by atoms with Crippen molar-refractivity contribution < 1.29 is 14.3 Å². The third kappa shape index (κ3) is 5.44. The first kappa shape index (κ1) is 18.1. The second-order valence-corrected chi connectivity index (χ2v) is 5.97. The zero-order valence-corrected chi connectivity index (χ0v) is 13.9. The van der Waals surface area contributed by atoms with Gasteiger partial charge in [0.1, 0.15) is 5.82 Å². The molecule has 0 bridgehead atoms. The molecule has 24 heavy (non-hydrogen) atoms. The van der Waals surface area contributed by atoms with Gasteiger partial charge in [-0.1, -0.05) is 30.3 Å². The third-order valence-corrected chi connectivity index (χ3v) is 3.78. The molecule has 4 nitrogen and oxygen atoms in total. The number of carbonyl (C=O) groups is 1. The molecule has 2 aromatic carbocycles. The summed E-state index contributed by atoms with van der Waals surface area (Å²) in [6.07, 6.45) is -0.486. The number of para-hydroxylation sites is 1. The van der Waals surface area contributed by atoms with Crippen LogP contribution in [0.1, 0.15) is 31.9 Å². The molecule has 0 spiro atoms. The van der Waals surface area contributed by atoms with Crippen molar-refractivity contribution in [3.63, 3.8) is 0 Å². The van der Waals surface area contributed by atoms with Gasteiger partial charge in [-0.3, -0.25) is 4.79 Å². The fraction of sp³-hybridized carbons (Fsp3) is 0.316. The van der Waals surface area contributed by atoms with Crippen molar-refractivity contribution in [2.45, 2.75) is 38.5 Å². The second kappa shape index (κ2) is 8.57. The molecule has 0 aliphatic carbocycles. The van der Waals surface area contributed by atoms with Crippen molar-refractivity contribution in [1.82, 2.24) is 5.32 Å². The average Bonchev–Trinajstić information content (AvgIpc) is 2.55. The summed E-state index contributed by atoms with van der Waals surface area (Å²) in [5.41, 5.74) is 1.39. The summed E-state index contributed by atoms with van der Waals surface area (Å²) in [4.78, 5) is 12.0. The van der Waals surface area contributed by atoms with Gasteiger partial charge in [0.15, 0.2) is 0 Å². The van der Waals surface area contributed by atoms with Gasteiger partial charge in [-0.2, -0.15) is 0 Å². The normalized spacial score (nSPS) is 14.7. The number of amides is 1. The van der Waals surface area contributed by atoms with Gasteiger partial charge in [0.2, 0.25) is 5.91 Å². The predicted molar refractivity (Wildman–Crippen MR) is 93.1 cm³/mol. The lowest BCUT2D eigenvalue weighted by Crippen LogP contribution is -2.40. The van der Waals surface area contributed by atoms with Crippen LogP contribution in [0, 0.1) is 5.82 Å². The molecule has 0 radical (unpaired) electrons. The maximum atomic E-state index is 12.9. The number of aliphatic hydroxyl groups excluding tert-OH is 1. The minimum Gasteiger partial charge on any atom is -0.387 e. The standard InChI is InChI=1S/C19H23FN2O2/c1-13(12-18(23)22-17-6-4-3-5-7-17)21-14(2)19(24)15-8-10-16(20)11-9-15/h3-11,13-14,19,21,24H,12H2,1-2H3,(H,22,23). The Hall–Kier alpha value is -2.24. The Morgan fingerprint density at radius 2 is 1.71 bits per heavy atom. The molecule has 3 unspecified atom stereocenters. The van der Waals surface area contributed by atoms with Gasteiger partial charge in [-0.25, -0.2) is 4.39 Å². The maximum absolute atomic E-state index is 12.9.